The number of aliphatic hydroxyl groups excluding tert-OH is 3. The number of hydrogen-bond acceptors (Lipinski definition) is 5. The van der Waals surface area contributed by atoms with Gasteiger partial charge in [0.15, 0.2) is 0 Å². The molecule has 0 fully saturated rings. The van der Waals surface area contributed by atoms with Crippen molar-refractivity contribution in [2.45, 2.75) is 188 Å². The van der Waals surface area contributed by atoms with Crippen molar-refractivity contribution < 1.29 is 15.3 Å². The third-order valence-electron chi connectivity index (χ3n) is 7.75. The number of nitrogens with zero attached hydrogens (tertiary/aromatic N) is 2. The van der Waals surface area contributed by atoms with E-state index in [4.69, 9.17) is 0 Å². The van der Waals surface area contributed by atoms with Crippen molar-refractivity contribution in [2.24, 2.45) is 0 Å². The van der Waals surface area contributed by atoms with E-state index < -0.39 is 18.7 Å². The first-order valence-electron chi connectivity index (χ1n) is 15.9. The SMILES string of the molecule is CCCCCCCCCCCCCCCCCCCCCCN(C(C)O)C(C)CN(C(C)O)C(C)O. The summed E-state index contributed by atoms with van der Waals surface area (Å²) in [4.78, 5) is 3.73. The van der Waals surface area contributed by atoms with E-state index >= 15 is 0 Å². The van der Waals surface area contributed by atoms with E-state index in [1.807, 2.05) is 6.92 Å². The van der Waals surface area contributed by atoms with E-state index in [-0.39, 0.29) is 6.04 Å². The molecule has 0 aliphatic heterocycles. The summed E-state index contributed by atoms with van der Waals surface area (Å²) in [6, 6.07) is 0.0644. The molecule has 0 radical (unpaired) electrons. The van der Waals surface area contributed by atoms with Crippen molar-refractivity contribution in [2.75, 3.05) is 13.1 Å². The lowest BCUT2D eigenvalue weighted by molar-refractivity contribution is -0.105. The van der Waals surface area contributed by atoms with Crippen LogP contribution in [0.3, 0.4) is 0 Å². The molecular formula is C31H66N2O3. The largest absolute Gasteiger partial charge is 0.379 e. The van der Waals surface area contributed by atoms with Gasteiger partial charge in [0.2, 0.25) is 0 Å². The fourth-order valence-electron chi connectivity index (χ4n) is 5.35. The van der Waals surface area contributed by atoms with Crippen LogP contribution in [0.2, 0.25) is 0 Å². The molecule has 4 unspecified atom stereocenters. The van der Waals surface area contributed by atoms with Crippen LogP contribution in [0.4, 0.5) is 0 Å². The van der Waals surface area contributed by atoms with Crippen molar-refractivity contribution in [1.82, 2.24) is 9.80 Å². The Hall–Kier alpha value is -0.200. The Labute approximate surface area is 226 Å². The molecule has 0 aromatic rings. The lowest BCUT2D eigenvalue weighted by atomic mass is 10.0. The molecule has 5 nitrogen and oxygen atoms in total. The lowest BCUT2D eigenvalue weighted by Crippen LogP contribution is -2.51. The van der Waals surface area contributed by atoms with Crippen molar-refractivity contribution in [1.29, 1.82) is 0 Å². The van der Waals surface area contributed by atoms with Crippen LogP contribution in [0.5, 0.6) is 0 Å². The average molecular weight is 515 g/mol. The van der Waals surface area contributed by atoms with E-state index in [2.05, 4.69) is 18.7 Å². The van der Waals surface area contributed by atoms with Gasteiger partial charge >= 0.3 is 0 Å². The Balaban J connectivity index is 3.58. The summed E-state index contributed by atoms with van der Waals surface area (Å²) in [6.45, 7) is 10.9. The van der Waals surface area contributed by atoms with E-state index in [1.165, 1.54) is 122 Å². The second-order valence-corrected chi connectivity index (χ2v) is 11.4. The summed E-state index contributed by atoms with van der Waals surface area (Å²) >= 11 is 0. The Morgan fingerprint density at radius 2 is 0.694 bits per heavy atom. The van der Waals surface area contributed by atoms with Gasteiger partial charge in [-0.3, -0.25) is 9.80 Å². The third-order valence-corrected chi connectivity index (χ3v) is 7.75. The molecule has 0 saturated carbocycles. The predicted octanol–water partition coefficient (Wildman–Crippen LogP) is 7.82. The second-order valence-electron chi connectivity index (χ2n) is 11.4. The molecule has 5 heteroatoms. The van der Waals surface area contributed by atoms with Crippen molar-refractivity contribution in [3.63, 3.8) is 0 Å². The quantitative estimate of drug-likeness (QED) is 0.0770. The Kier molecular flexibility index (Phi) is 25.0. The minimum atomic E-state index is -0.706. The van der Waals surface area contributed by atoms with Gasteiger partial charge in [0.25, 0.3) is 0 Å². The van der Waals surface area contributed by atoms with Crippen LogP contribution < -0.4 is 0 Å². The molecule has 0 aromatic heterocycles. The van der Waals surface area contributed by atoms with E-state index in [1.54, 1.807) is 18.7 Å². The van der Waals surface area contributed by atoms with Crippen molar-refractivity contribution in [3.05, 3.63) is 0 Å². The highest BCUT2D eigenvalue weighted by molar-refractivity contribution is 4.74. The summed E-state index contributed by atoms with van der Waals surface area (Å²) < 4.78 is 0. The molecule has 218 valence electrons. The van der Waals surface area contributed by atoms with Gasteiger partial charge in [-0.1, -0.05) is 129 Å². The second kappa shape index (κ2) is 25.1. The van der Waals surface area contributed by atoms with Crippen LogP contribution in [0, 0.1) is 0 Å². The monoisotopic (exact) mass is 515 g/mol. The molecule has 0 amide bonds. The fraction of sp³-hybridized carbons (Fsp3) is 1.00. The van der Waals surface area contributed by atoms with E-state index in [0.29, 0.717) is 6.54 Å². The summed E-state index contributed by atoms with van der Waals surface area (Å²) in [6.07, 6.45) is 25.7. The van der Waals surface area contributed by atoms with Gasteiger partial charge in [-0.05, 0) is 34.1 Å². The standard InChI is InChI=1S/C31H66N2O3/c1-6-7-8-9-10-11-12-13-14-15-16-17-18-19-20-21-22-23-24-25-26-32(29(3)34)28(2)27-33(30(4)35)31(5)36/h28-31,34-36H,6-27H2,1-5H3. The highest BCUT2D eigenvalue weighted by atomic mass is 16.3. The minimum absolute atomic E-state index is 0.0644. The van der Waals surface area contributed by atoms with Crippen LogP contribution in [-0.2, 0) is 0 Å². The zero-order valence-corrected chi connectivity index (χ0v) is 25.1. The highest BCUT2D eigenvalue weighted by Gasteiger charge is 2.24. The smallest absolute Gasteiger partial charge is 0.106 e. The number of rotatable bonds is 27. The Morgan fingerprint density at radius 3 is 0.972 bits per heavy atom. The zero-order valence-electron chi connectivity index (χ0n) is 25.1. The third kappa shape index (κ3) is 20.8. The minimum Gasteiger partial charge on any atom is -0.379 e. The van der Waals surface area contributed by atoms with Crippen LogP contribution in [0.25, 0.3) is 0 Å². The van der Waals surface area contributed by atoms with Crippen molar-refractivity contribution >= 4 is 0 Å². The van der Waals surface area contributed by atoms with Gasteiger partial charge in [0.05, 0.1) is 0 Å². The summed E-state index contributed by atoms with van der Waals surface area (Å²) in [5.74, 6) is 0. The Morgan fingerprint density at radius 1 is 0.417 bits per heavy atom. The highest BCUT2D eigenvalue weighted by Crippen LogP contribution is 2.16. The summed E-state index contributed by atoms with van der Waals surface area (Å²) in [7, 11) is 0. The Bertz CT molecular complexity index is 438. The van der Waals surface area contributed by atoms with Crippen LogP contribution in [-0.4, -0.2) is 62.9 Å². The molecule has 0 aliphatic rings. The predicted molar refractivity (Wildman–Crippen MR) is 156 cm³/mol. The van der Waals surface area contributed by atoms with Gasteiger partial charge in [0, 0.05) is 19.1 Å². The molecule has 0 bridgehead atoms. The molecular weight excluding hydrogens is 448 g/mol. The topological polar surface area (TPSA) is 67.2 Å². The molecule has 3 N–H and O–H groups in total. The maximum atomic E-state index is 10.2. The lowest BCUT2D eigenvalue weighted by Gasteiger charge is -2.37. The molecule has 4 atom stereocenters. The molecule has 0 saturated heterocycles. The maximum absolute atomic E-state index is 10.2. The fourth-order valence-corrected chi connectivity index (χ4v) is 5.35. The van der Waals surface area contributed by atoms with Gasteiger partial charge in [-0.2, -0.15) is 0 Å². The number of aliphatic hydroxyl groups is 3. The molecule has 0 spiro atoms. The first-order chi connectivity index (χ1) is 17.3. The summed E-state index contributed by atoms with van der Waals surface area (Å²) in [5.41, 5.74) is 0. The van der Waals surface area contributed by atoms with Crippen LogP contribution >= 0.6 is 0 Å². The molecule has 0 rings (SSSR count). The normalized spacial score (nSPS) is 15.5. The van der Waals surface area contributed by atoms with E-state index in [9.17, 15) is 15.3 Å². The number of hydrogen-bond donors (Lipinski definition) is 3. The molecule has 0 aromatic carbocycles. The summed E-state index contributed by atoms with van der Waals surface area (Å²) in [5, 5.41) is 30.0. The first kappa shape index (κ1) is 35.8. The zero-order chi connectivity index (χ0) is 27.0. The van der Waals surface area contributed by atoms with Crippen molar-refractivity contribution in [3.8, 4) is 0 Å². The van der Waals surface area contributed by atoms with Gasteiger partial charge < -0.3 is 15.3 Å². The maximum Gasteiger partial charge on any atom is 0.106 e. The van der Waals surface area contributed by atoms with Gasteiger partial charge in [-0.15, -0.1) is 0 Å². The van der Waals surface area contributed by atoms with Gasteiger partial charge in [-0.25, -0.2) is 0 Å². The number of unbranched alkanes of at least 4 members (excludes halogenated alkanes) is 19. The first-order valence-corrected chi connectivity index (χ1v) is 15.9. The van der Waals surface area contributed by atoms with Crippen LogP contribution in [0.15, 0.2) is 0 Å². The molecule has 36 heavy (non-hydrogen) atoms. The van der Waals surface area contributed by atoms with E-state index in [0.717, 1.165) is 13.0 Å². The molecule has 0 aliphatic carbocycles. The average Bonchev–Trinajstić information content (AvgIpc) is 2.82. The molecule has 0 heterocycles. The van der Waals surface area contributed by atoms with Gasteiger partial charge in [0.1, 0.15) is 18.7 Å². The van der Waals surface area contributed by atoms with Crippen LogP contribution in [0.1, 0.15) is 163 Å².